The fraction of sp³-hybridized carbons (Fsp3) is 0.300. The minimum absolute atomic E-state index is 0.513. The molecule has 0 fully saturated rings. The fourth-order valence-electron chi connectivity index (χ4n) is 2.98. The van der Waals surface area contributed by atoms with E-state index in [9.17, 15) is 0 Å². The summed E-state index contributed by atoms with van der Waals surface area (Å²) in [6.07, 6.45) is 0. The van der Waals surface area contributed by atoms with Crippen LogP contribution in [0.15, 0.2) is 30.3 Å². The molecule has 4 nitrogen and oxygen atoms in total. The first-order valence-corrected chi connectivity index (χ1v) is 8.70. The summed E-state index contributed by atoms with van der Waals surface area (Å²) in [6.45, 7) is 6.72. The van der Waals surface area contributed by atoms with E-state index in [1.807, 2.05) is 27.1 Å². The molecule has 5 heteroatoms. The Morgan fingerprint density at radius 2 is 1.88 bits per heavy atom. The van der Waals surface area contributed by atoms with Gasteiger partial charge in [0.15, 0.2) is 0 Å². The fourth-order valence-corrected chi connectivity index (χ4v) is 3.10. The molecule has 0 saturated carbocycles. The van der Waals surface area contributed by atoms with Gasteiger partial charge in [0.05, 0.1) is 5.52 Å². The molecule has 0 aliphatic carbocycles. The van der Waals surface area contributed by atoms with Crippen LogP contribution in [0.2, 0.25) is 0 Å². The average Bonchev–Trinajstić information content (AvgIpc) is 2.88. The van der Waals surface area contributed by atoms with Crippen molar-refractivity contribution < 1.29 is 4.74 Å². The molecule has 1 N–H and O–H groups in total. The first kappa shape index (κ1) is 17.4. The van der Waals surface area contributed by atoms with Crippen molar-refractivity contribution in [3.8, 4) is 5.75 Å². The van der Waals surface area contributed by atoms with Crippen molar-refractivity contribution in [2.75, 3.05) is 7.05 Å². The Bertz CT molecular complexity index is 939. The zero-order chi connectivity index (χ0) is 18.1. The van der Waals surface area contributed by atoms with E-state index >= 15 is 0 Å². The van der Waals surface area contributed by atoms with Crippen molar-refractivity contribution in [1.29, 1.82) is 0 Å². The summed E-state index contributed by atoms with van der Waals surface area (Å²) in [5.41, 5.74) is 6.50. The number of aromatic nitrogens is 2. The van der Waals surface area contributed by atoms with Gasteiger partial charge < -0.3 is 14.6 Å². The highest BCUT2D eigenvalue weighted by Crippen LogP contribution is 2.29. The highest BCUT2D eigenvalue weighted by molar-refractivity contribution is 7.80. The van der Waals surface area contributed by atoms with Gasteiger partial charge in [0.2, 0.25) is 0 Å². The van der Waals surface area contributed by atoms with E-state index in [1.54, 1.807) is 0 Å². The number of rotatable bonds is 4. The summed E-state index contributed by atoms with van der Waals surface area (Å²) < 4.78 is 8.27. The van der Waals surface area contributed by atoms with Crippen LogP contribution in [0, 0.1) is 20.8 Å². The number of fused-ring (bicyclic) bond motifs is 1. The Balaban J connectivity index is 2.05. The van der Waals surface area contributed by atoms with E-state index in [1.165, 1.54) is 16.7 Å². The SMILES string of the molecule is CNC(=S)c1cc(OCc2c(C)cccc2C)c2nc(C)n(C)c2c1. The minimum atomic E-state index is 0.513. The lowest BCUT2D eigenvalue weighted by molar-refractivity contribution is 0.308. The third-order valence-corrected chi connectivity index (χ3v) is 5.12. The third-order valence-electron chi connectivity index (χ3n) is 4.68. The molecule has 1 heterocycles. The van der Waals surface area contributed by atoms with Gasteiger partial charge in [-0.15, -0.1) is 0 Å². The normalized spacial score (nSPS) is 10.9. The number of hydrogen-bond acceptors (Lipinski definition) is 3. The molecule has 3 aromatic rings. The second-order valence-corrected chi connectivity index (χ2v) is 6.71. The summed E-state index contributed by atoms with van der Waals surface area (Å²) >= 11 is 5.42. The molecule has 0 radical (unpaired) electrons. The standard InChI is InChI=1S/C20H23N3OS/c1-12-7-6-8-13(2)16(12)11-24-18-10-15(20(25)21-4)9-17-19(18)22-14(3)23(17)5/h6-10H,11H2,1-5H3,(H,21,25). The largest absolute Gasteiger partial charge is 0.487 e. The Morgan fingerprint density at radius 1 is 1.20 bits per heavy atom. The van der Waals surface area contributed by atoms with Crippen LogP contribution in [0.3, 0.4) is 0 Å². The van der Waals surface area contributed by atoms with Gasteiger partial charge in [-0.25, -0.2) is 4.98 Å². The van der Waals surface area contributed by atoms with E-state index in [2.05, 4.69) is 53.0 Å². The van der Waals surface area contributed by atoms with E-state index in [-0.39, 0.29) is 0 Å². The third kappa shape index (κ3) is 3.24. The first-order valence-electron chi connectivity index (χ1n) is 8.29. The lowest BCUT2D eigenvalue weighted by atomic mass is 10.0. The second kappa shape index (κ2) is 6.84. The molecule has 0 amide bonds. The van der Waals surface area contributed by atoms with Gasteiger partial charge in [0.1, 0.15) is 28.7 Å². The van der Waals surface area contributed by atoms with Crippen LogP contribution < -0.4 is 10.1 Å². The molecular formula is C20H23N3OS. The number of hydrogen-bond donors (Lipinski definition) is 1. The van der Waals surface area contributed by atoms with Gasteiger partial charge in [-0.1, -0.05) is 30.4 Å². The maximum atomic E-state index is 6.21. The zero-order valence-electron chi connectivity index (χ0n) is 15.3. The molecule has 1 aromatic heterocycles. The monoisotopic (exact) mass is 353 g/mol. The Morgan fingerprint density at radius 3 is 2.52 bits per heavy atom. The number of ether oxygens (including phenoxy) is 1. The van der Waals surface area contributed by atoms with Gasteiger partial charge in [0, 0.05) is 19.7 Å². The first-order chi connectivity index (χ1) is 11.9. The van der Waals surface area contributed by atoms with Crippen LogP contribution >= 0.6 is 12.2 Å². The summed E-state index contributed by atoms with van der Waals surface area (Å²) in [5, 5.41) is 3.04. The number of aryl methyl sites for hydroxylation is 4. The maximum absolute atomic E-state index is 6.21. The number of benzene rings is 2. The Kier molecular flexibility index (Phi) is 4.77. The summed E-state index contributed by atoms with van der Waals surface area (Å²) in [5.74, 6) is 1.70. The molecule has 3 rings (SSSR count). The van der Waals surface area contributed by atoms with Crippen LogP contribution in [-0.4, -0.2) is 21.6 Å². The average molecular weight is 353 g/mol. The molecule has 25 heavy (non-hydrogen) atoms. The van der Waals surface area contributed by atoms with Crippen LogP contribution in [0.25, 0.3) is 11.0 Å². The predicted octanol–water partition coefficient (Wildman–Crippen LogP) is 3.97. The van der Waals surface area contributed by atoms with E-state index in [4.69, 9.17) is 17.0 Å². The summed E-state index contributed by atoms with van der Waals surface area (Å²) in [6, 6.07) is 10.3. The van der Waals surface area contributed by atoms with E-state index < -0.39 is 0 Å². The quantitative estimate of drug-likeness (QED) is 0.720. The van der Waals surface area contributed by atoms with Crippen molar-refractivity contribution in [1.82, 2.24) is 14.9 Å². The van der Waals surface area contributed by atoms with Gasteiger partial charge in [-0.3, -0.25) is 0 Å². The number of nitrogens with one attached hydrogen (secondary N) is 1. The van der Waals surface area contributed by atoms with Gasteiger partial charge in [-0.2, -0.15) is 0 Å². The highest BCUT2D eigenvalue weighted by Gasteiger charge is 2.14. The Hall–Kier alpha value is -2.40. The molecule has 0 bridgehead atoms. The van der Waals surface area contributed by atoms with Crippen molar-refractivity contribution >= 4 is 28.2 Å². The van der Waals surface area contributed by atoms with Gasteiger partial charge >= 0.3 is 0 Å². The number of nitrogens with zero attached hydrogens (tertiary/aromatic N) is 2. The molecule has 2 aromatic carbocycles. The maximum Gasteiger partial charge on any atom is 0.148 e. The van der Waals surface area contributed by atoms with Crippen LogP contribution in [-0.2, 0) is 13.7 Å². The summed E-state index contributed by atoms with van der Waals surface area (Å²) in [4.78, 5) is 5.36. The lowest BCUT2D eigenvalue weighted by Crippen LogP contribution is -2.16. The molecule has 0 spiro atoms. The van der Waals surface area contributed by atoms with Crippen molar-refractivity contribution in [3.05, 3.63) is 58.4 Å². The van der Waals surface area contributed by atoms with Crippen molar-refractivity contribution in [3.63, 3.8) is 0 Å². The second-order valence-electron chi connectivity index (χ2n) is 6.30. The van der Waals surface area contributed by atoms with Crippen molar-refractivity contribution in [2.45, 2.75) is 27.4 Å². The van der Waals surface area contributed by atoms with Crippen LogP contribution in [0.5, 0.6) is 5.75 Å². The topological polar surface area (TPSA) is 39.1 Å². The molecule has 0 aliphatic heterocycles. The van der Waals surface area contributed by atoms with Crippen LogP contribution in [0.4, 0.5) is 0 Å². The Labute approximate surface area is 153 Å². The van der Waals surface area contributed by atoms with E-state index in [0.29, 0.717) is 11.6 Å². The summed E-state index contributed by atoms with van der Waals surface area (Å²) in [7, 11) is 3.84. The molecule has 0 atom stereocenters. The zero-order valence-corrected chi connectivity index (χ0v) is 16.1. The lowest BCUT2D eigenvalue weighted by Gasteiger charge is -2.13. The number of imidazole rings is 1. The molecular weight excluding hydrogens is 330 g/mol. The van der Waals surface area contributed by atoms with Gasteiger partial charge in [-0.05, 0) is 49.6 Å². The predicted molar refractivity (Wildman–Crippen MR) is 106 cm³/mol. The number of thiocarbonyl (C=S) groups is 1. The molecule has 130 valence electrons. The van der Waals surface area contributed by atoms with Gasteiger partial charge in [0.25, 0.3) is 0 Å². The highest BCUT2D eigenvalue weighted by atomic mass is 32.1. The van der Waals surface area contributed by atoms with Crippen LogP contribution in [0.1, 0.15) is 28.1 Å². The minimum Gasteiger partial charge on any atom is -0.487 e. The van der Waals surface area contributed by atoms with Crippen molar-refractivity contribution in [2.24, 2.45) is 7.05 Å². The smallest absolute Gasteiger partial charge is 0.148 e. The molecule has 0 unspecified atom stereocenters. The molecule has 0 aliphatic rings. The molecule has 0 saturated heterocycles. The van der Waals surface area contributed by atoms with E-state index in [0.717, 1.165) is 28.2 Å².